The Balaban J connectivity index is 0.861. The van der Waals surface area contributed by atoms with E-state index >= 15 is 0 Å². The fourth-order valence-electron chi connectivity index (χ4n) is 9.64. The summed E-state index contributed by atoms with van der Waals surface area (Å²) in [7, 11) is 1.58. The van der Waals surface area contributed by atoms with Crippen molar-refractivity contribution in [2.75, 3.05) is 37.1 Å². The highest BCUT2D eigenvalue weighted by atomic mass is 32.2. The topological polar surface area (TPSA) is 184 Å². The smallest absolute Gasteiger partial charge is 0.347 e. The number of hydrogen-bond donors (Lipinski definition) is 2. The predicted molar refractivity (Wildman–Crippen MR) is 312 cm³/mol. The van der Waals surface area contributed by atoms with Crippen LogP contribution in [0.5, 0.6) is 5.75 Å². The average Bonchev–Trinajstić information content (AvgIpc) is 4.31. The molecule has 2 saturated heterocycles. The number of nitrogens with zero attached hydrogens (tertiary/aromatic N) is 5. The van der Waals surface area contributed by atoms with Crippen LogP contribution in [0.4, 0.5) is 5.13 Å². The van der Waals surface area contributed by atoms with E-state index in [0.29, 0.717) is 10.9 Å². The Morgan fingerprint density at radius 2 is 1.41 bits per heavy atom. The maximum atomic E-state index is 14.8. The number of thioether (sulfide) groups is 2. The molecule has 2 fully saturated rings. The molecule has 0 spiro atoms. The molecule has 2 aliphatic heterocycles. The number of hydrogen-bond acceptors (Lipinski definition) is 17. The van der Waals surface area contributed by atoms with Crippen LogP contribution in [0.3, 0.4) is 0 Å². The van der Waals surface area contributed by atoms with Crippen LogP contribution in [0.15, 0.2) is 209 Å². The van der Waals surface area contributed by atoms with Gasteiger partial charge < -0.3 is 34.6 Å². The molecular formula is C61H51N7O8S4. The number of ether oxygens (including phenoxy) is 3. The van der Waals surface area contributed by atoms with Crippen LogP contribution in [0.1, 0.15) is 45.2 Å². The van der Waals surface area contributed by atoms with Crippen molar-refractivity contribution in [2.24, 2.45) is 10.6 Å². The average molecular weight is 1140 g/mol. The standard InChI is InChI=1S/C61H51N7O8S4/c1-73-46-29-27-40(28-30-46)34-74-57(72)60(39-79-59-64-47-33-62-32-31-49(47)80-59)37-68-55(71)52(56(68)78-38-60)65-54(70)51(67-75-35-50(69)76-53(41-17-7-2-8-18-41)42-19-9-3-10-20-42)48-36-77-58(63-48)66-61(43-21-11-4-12-22-43,44-23-13-5-14-24-44)45-25-15-6-16-26-45/h2-33,36,52-53,56H,34-35,37-39H2,1H3,(H,63,66)(H,65,70)/t52?,56-,60?/m1/s1. The van der Waals surface area contributed by atoms with E-state index in [2.05, 4.69) is 20.8 Å². The van der Waals surface area contributed by atoms with Gasteiger partial charge in [-0.15, -0.1) is 34.4 Å². The molecule has 9 aromatic rings. The largest absolute Gasteiger partial charge is 0.497 e. The maximum absolute atomic E-state index is 14.8. The lowest BCUT2D eigenvalue weighted by Gasteiger charge is -2.54. The summed E-state index contributed by atoms with van der Waals surface area (Å²) >= 11 is 5.56. The van der Waals surface area contributed by atoms with Crippen LogP contribution in [0, 0.1) is 5.41 Å². The fourth-order valence-corrected chi connectivity index (χ4v) is 14.3. The predicted octanol–water partition coefficient (Wildman–Crippen LogP) is 10.5. The molecule has 15 nitrogen and oxygen atoms in total. The third kappa shape index (κ3) is 11.5. The van der Waals surface area contributed by atoms with Crippen molar-refractivity contribution in [3.8, 4) is 5.75 Å². The minimum Gasteiger partial charge on any atom is -0.497 e. The Bertz CT molecular complexity index is 3470. The molecule has 0 radical (unpaired) electrons. The summed E-state index contributed by atoms with van der Waals surface area (Å²) < 4.78 is 19.0. The van der Waals surface area contributed by atoms with Crippen molar-refractivity contribution >= 4 is 91.0 Å². The molecule has 19 heteroatoms. The molecule has 80 heavy (non-hydrogen) atoms. The molecule has 3 atom stereocenters. The van der Waals surface area contributed by atoms with Crippen molar-refractivity contribution in [3.05, 3.63) is 239 Å². The van der Waals surface area contributed by atoms with Gasteiger partial charge in [-0.05, 0) is 51.6 Å². The second kappa shape index (κ2) is 24.3. The van der Waals surface area contributed by atoms with Crippen LogP contribution in [-0.2, 0) is 45.6 Å². The van der Waals surface area contributed by atoms with E-state index in [1.54, 1.807) is 41.9 Å². The quantitative estimate of drug-likeness (QED) is 0.0173. The number of thiazole rings is 2. The molecule has 2 aliphatic rings. The van der Waals surface area contributed by atoms with Crippen LogP contribution < -0.4 is 15.4 Å². The first-order valence-electron chi connectivity index (χ1n) is 25.5. The lowest BCUT2D eigenvalue weighted by Crippen LogP contribution is -2.74. The lowest BCUT2D eigenvalue weighted by atomic mass is 9.77. The first kappa shape index (κ1) is 53.6. The number of fused-ring (bicyclic) bond motifs is 2. The summed E-state index contributed by atoms with van der Waals surface area (Å²) in [6, 6.07) is 56.9. The molecule has 402 valence electrons. The SMILES string of the molecule is COc1ccc(COC(=O)C2(CSc3nc4cnccc4s3)CS[C@@H]3C(NC(=O)C(=NOCC(=O)OC(c4ccccc4)c4ccccc4)c4csc(NC(c5ccccc5)(c5ccccc5)c5ccccc5)n4)C(=O)N3C2)cc1. The normalized spacial score (nSPS) is 17.0. The summed E-state index contributed by atoms with van der Waals surface area (Å²) in [6.07, 6.45) is 2.67. The number of pyridine rings is 1. The minimum atomic E-state index is -1.13. The van der Waals surface area contributed by atoms with Gasteiger partial charge >= 0.3 is 11.9 Å². The zero-order chi connectivity index (χ0) is 54.9. The molecule has 3 aromatic heterocycles. The number of nitrogens with one attached hydrogen (secondary N) is 2. The molecule has 0 bridgehead atoms. The summed E-state index contributed by atoms with van der Waals surface area (Å²) in [4.78, 5) is 78.5. The zero-order valence-corrected chi connectivity index (χ0v) is 46.2. The number of amides is 2. The van der Waals surface area contributed by atoms with Crippen LogP contribution >= 0.6 is 46.2 Å². The summed E-state index contributed by atoms with van der Waals surface area (Å²) in [6.45, 7) is -0.591. The van der Waals surface area contributed by atoms with E-state index < -0.39 is 58.8 Å². The number of carbonyl (C=O) groups excluding carboxylic acids is 4. The van der Waals surface area contributed by atoms with Crippen LogP contribution in [0.2, 0.25) is 0 Å². The second-order valence-corrected chi connectivity index (χ2v) is 23.1. The number of esters is 2. The van der Waals surface area contributed by atoms with Gasteiger partial charge in [0.15, 0.2) is 21.3 Å². The van der Waals surface area contributed by atoms with Crippen molar-refractivity contribution in [1.82, 2.24) is 25.2 Å². The monoisotopic (exact) mass is 1140 g/mol. The summed E-state index contributed by atoms with van der Waals surface area (Å²) in [5.74, 6) is -1.13. The van der Waals surface area contributed by atoms with Gasteiger partial charge in [-0.25, -0.2) is 14.8 Å². The van der Waals surface area contributed by atoms with Gasteiger partial charge in [-0.2, -0.15) is 0 Å². The van der Waals surface area contributed by atoms with E-state index in [4.69, 9.17) is 29.0 Å². The minimum absolute atomic E-state index is 0.0188. The van der Waals surface area contributed by atoms with Gasteiger partial charge in [-0.3, -0.25) is 19.4 Å². The Morgan fingerprint density at radius 3 is 2.01 bits per heavy atom. The molecule has 6 aromatic carbocycles. The summed E-state index contributed by atoms with van der Waals surface area (Å²) in [5, 5.41) is 12.5. The Kier molecular flexibility index (Phi) is 16.3. The van der Waals surface area contributed by atoms with Crippen molar-refractivity contribution in [1.29, 1.82) is 0 Å². The highest BCUT2D eigenvalue weighted by Gasteiger charge is 2.58. The van der Waals surface area contributed by atoms with Crippen LogP contribution in [0.25, 0.3) is 10.2 Å². The number of aromatic nitrogens is 3. The second-order valence-electron chi connectivity index (χ2n) is 18.9. The first-order valence-corrected chi connectivity index (χ1v) is 29.2. The number of benzene rings is 6. The zero-order valence-electron chi connectivity index (χ0n) is 43.0. The molecule has 0 aliphatic carbocycles. The molecule has 2 amide bonds. The van der Waals surface area contributed by atoms with Crippen LogP contribution in [-0.4, -0.2) is 92.5 Å². The molecule has 5 heterocycles. The van der Waals surface area contributed by atoms with Gasteiger partial charge in [0.2, 0.25) is 12.5 Å². The van der Waals surface area contributed by atoms with E-state index in [1.807, 2.05) is 170 Å². The van der Waals surface area contributed by atoms with E-state index in [9.17, 15) is 19.2 Å². The van der Waals surface area contributed by atoms with Gasteiger partial charge in [0.05, 0.1) is 18.0 Å². The van der Waals surface area contributed by atoms with Gasteiger partial charge in [0.1, 0.15) is 45.9 Å². The summed E-state index contributed by atoms with van der Waals surface area (Å²) in [5.41, 5.74) is 3.61. The van der Waals surface area contributed by atoms with E-state index in [-0.39, 0.29) is 36.1 Å². The Labute approximate surface area is 477 Å². The van der Waals surface area contributed by atoms with E-state index in [1.165, 1.54) is 46.2 Å². The van der Waals surface area contributed by atoms with Gasteiger partial charge in [0, 0.05) is 29.6 Å². The Hall–Kier alpha value is -8.36. The molecule has 2 N–H and O–H groups in total. The van der Waals surface area contributed by atoms with Crippen molar-refractivity contribution in [2.45, 2.75) is 34.0 Å². The van der Waals surface area contributed by atoms with Crippen molar-refractivity contribution < 1.29 is 38.2 Å². The maximum Gasteiger partial charge on any atom is 0.347 e. The molecule has 2 unspecified atom stereocenters. The highest BCUT2D eigenvalue weighted by Crippen LogP contribution is 2.46. The van der Waals surface area contributed by atoms with E-state index in [0.717, 1.165) is 47.9 Å². The number of oxime groups is 1. The number of anilines is 1. The van der Waals surface area contributed by atoms with Gasteiger partial charge in [0.25, 0.3) is 5.91 Å². The van der Waals surface area contributed by atoms with Gasteiger partial charge in [-0.1, -0.05) is 181 Å². The number of methoxy groups -OCH3 is 1. The molecule has 0 saturated carbocycles. The third-order valence-corrected chi connectivity index (χ3v) is 18.5. The number of β-lactam (4-membered cyclic amide) rings is 1. The number of rotatable bonds is 21. The van der Waals surface area contributed by atoms with Crippen molar-refractivity contribution in [3.63, 3.8) is 0 Å². The first-order chi connectivity index (χ1) is 39.2. The third-order valence-electron chi connectivity index (χ3n) is 13.7. The highest BCUT2D eigenvalue weighted by molar-refractivity contribution is 8.01. The fraction of sp³-hybridized carbons (Fsp3) is 0.180. The molecule has 11 rings (SSSR count). The Morgan fingerprint density at radius 1 is 0.800 bits per heavy atom. The molecular weight excluding hydrogens is 1090 g/mol. The lowest BCUT2D eigenvalue weighted by molar-refractivity contribution is -0.162. The number of carbonyl (C=O) groups is 4.